The van der Waals surface area contributed by atoms with Gasteiger partial charge >= 0.3 is 0 Å². The Bertz CT molecular complexity index is 363. The van der Waals surface area contributed by atoms with Crippen LogP contribution in [0, 0.1) is 5.92 Å². The van der Waals surface area contributed by atoms with Crippen molar-refractivity contribution in [3.8, 4) is 5.88 Å². The molecule has 1 fully saturated rings. The third-order valence-electron chi connectivity index (χ3n) is 2.84. The van der Waals surface area contributed by atoms with E-state index in [4.69, 9.17) is 10.5 Å². The van der Waals surface area contributed by atoms with Gasteiger partial charge in [0, 0.05) is 18.7 Å². The minimum absolute atomic E-state index is 0.127. The highest BCUT2D eigenvalue weighted by Crippen LogP contribution is 2.25. The van der Waals surface area contributed by atoms with E-state index in [1.165, 1.54) is 6.33 Å². The van der Waals surface area contributed by atoms with Crippen molar-refractivity contribution in [1.82, 2.24) is 9.97 Å². The van der Waals surface area contributed by atoms with E-state index < -0.39 is 0 Å². The molecule has 5 heteroatoms. The van der Waals surface area contributed by atoms with Crippen molar-refractivity contribution >= 4 is 5.82 Å². The Balaban J connectivity index is 1.83. The molecule has 94 valence electrons. The fourth-order valence-corrected chi connectivity index (χ4v) is 1.94. The first kappa shape index (κ1) is 12.1. The van der Waals surface area contributed by atoms with Gasteiger partial charge in [0.05, 0.1) is 6.10 Å². The zero-order valence-corrected chi connectivity index (χ0v) is 10.4. The van der Waals surface area contributed by atoms with Crippen LogP contribution in [0.4, 0.5) is 5.82 Å². The normalized spacial score (nSPS) is 23.3. The second-order valence-corrected chi connectivity index (χ2v) is 4.89. The molecular weight excluding hydrogens is 216 g/mol. The van der Waals surface area contributed by atoms with Crippen LogP contribution in [0.3, 0.4) is 0 Å². The van der Waals surface area contributed by atoms with Gasteiger partial charge in [-0.1, -0.05) is 0 Å². The predicted molar refractivity (Wildman–Crippen MR) is 67.0 cm³/mol. The van der Waals surface area contributed by atoms with E-state index in [0.29, 0.717) is 17.8 Å². The summed E-state index contributed by atoms with van der Waals surface area (Å²) in [6, 6.07) is 2.23. The third kappa shape index (κ3) is 3.56. The first-order valence-corrected chi connectivity index (χ1v) is 6.11. The molecule has 1 heterocycles. The van der Waals surface area contributed by atoms with Crippen LogP contribution >= 0.6 is 0 Å². The molecule has 1 saturated carbocycles. The molecule has 5 nitrogen and oxygen atoms in total. The second-order valence-electron chi connectivity index (χ2n) is 4.89. The number of nitrogens with two attached hydrogens (primary N) is 1. The van der Waals surface area contributed by atoms with Crippen molar-refractivity contribution in [1.29, 1.82) is 0 Å². The Labute approximate surface area is 102 Å². The summed E-state index contributed by atoms with van der Waals surface area (Å²) in [6.07, 6.45) is 3.86. The van der Waals surface area contributed by atoms with Gasteiger partial charge < -0.3 is 15.8 Å². The van der Waals surface area contributed by atoms with Crippen LogP contribution in [0.15, 0.2) is 12.4 Å². The molecule has 1 aromatic rings. The average Bonchev–Trinajstić information content (AvgIpc) is 2.22. The number of hydrogen-bond acceptors (Lipinski definition) is 5. The summed E-state index contributed by atoms with van der Waals surface area (Å²) < 4.78 is 5.51. The molecule has 17 heavy (non-hydrogen) atoms. The third-order valence-corrected chi connectivity index (χ3v) is 2.84. The van der Waals surface area contributed by atoms with Gasteiger partial charge in [-0.3, -0.25) is 0 Å². The molecule has 3 N–H and O–H groups in total. The molecule has 0 unspecified atom stereocenters. The average molecular weight is 236 g/mol. The second kappa shape index (κ2) is 5.31. The Morgan fingerprint density at radius 2 is 2.24 bits per heavy atom. The van der Waals surface area contributed by atoms with Gasteiger partial charge in [0.1, 0.15) is 12.1 Å². The molecule has 0 spiro atoms. The van der Waals surface area contributed by atoms with Crippen LogP contribution in [0.2, 0.25) is 0 Å². The van der Waals surface area contributed by atoms with Crippen molar-refractivity contribution < 1.29 is 4.74 Å². The summed E-state index contributed by atoms with van der Waals surface area (Å²) in [5, 5.41) is 3.29. The predicted octanol–water partition coefficient (Wildman–Crippen LogP) is 1.41. The van der Waals surface area contributed by atoms with E-state index in [9.17, 15) is 0 Å². The van der Waals surface area contributed by atoms with Crippen molar-refractivity contribution in [2.75, 3.05) is 11.9 Å². The molecule has 0 saturated heterocycles. The van der Waals surface area contributed by atoms with Crippen LogP contribution in [0.5, 0.6) is 5.88 Å². The summed E-state index contributed by atoms with van der Waals surface area (Å²) in [5.74, 6) is 2.10. The molecular formula is C12H20N4O. The van der Waals surface area contributed by atoms with E-state index in [-0.39, 0.29) is 6.10 Å². The highest BCUT2D eigenvalue weighted by molar-refractivity contribution is 5.37. The molecule has 0 amide bonds. The Morgan fingerprint density at radius 1 is 1.47 bits per heavy atom. The van der Waals surface area contributed by atoms with Crippen molar-refractivity contribution in [2.24, 2.45) is 11.7 Å². The smallest absolute Gasteiger partial charge is 0.218 e. The summed E-state index contributed by atoms with van der Waals surface area (Å²) in [4.78, 5) is 8.22. The van der Waals surface area contributed by atoms with E-state index in [1.54, 1.807) is 0 Å². The van der Waals surface area contributed by atoms with Gasteiger partial charge in [0.2, 0.25) is 5.88 Å². The van der Waals surface area contributed by atoms with Crippen LogP contribution in [0.1, 0.15) is 26.7 Å². The summed E-state index contributed by atoms with van der Waals surface area (Å²) in [6.45, 7) is 4.88. The minimum Gasteiger partial charge on any atom is -0.475 e. The highest BCUT2D eigenvalue weighted by Gasteiger charge is 2.25. The largest absolute Gasteiger partial charge is 0.475 e. The van der Waals surface area contributed by atoms with Crippen LogP contribution in [-0.2, 0) is 0 Å². The SMILES string of the molecule is CC(C)Oc1cc(NCC2CC(N)C2)ncn1. The Kier molecular flexibility index (Phi) is 3.78. The van der Waals surface area contributed by atoms with Gasteiger partial charge in [-0.15, -0.1) is 0 Å². The minimum atomic E-state index is 0.127. The maximum absolute atomic E-state index is 5.74. The molecule has 0 aliphatic heterocycles. The lowest BCUT2D eigenvalue weighted by molar-refractivity contribution is 0.232. The van der Waals surface area contributed by atoms with Gasteiger partial charge in [-0.25, -0.2) is 9.97 Å². The fraction of sp³-hybridized carbons (Fsp3) is 0.667. The highest BCUT2D eigenvalue weighted by atomic mass is 16.5. The van der Waals surface area contributed by atoms with Crippen molar-refractivity contribution in [3.05, 3.63) is 12.4 Å². The summed E-state index contributed by atoms with van der Waals surface area (Å²) >= 11 is 0. The Morgan fingerprint density at radius 3 is 2.88 bits per heavy atom. The first-order valence-electron chi connectivity index (χ1n) is 6.11. The Hall–Kier alpha value is -1.36. The molecule has 0 atom stereocenters. The number of rotatable bonds is 5. The van der Waals surface area contributed by atoms with Gasteiger partial charge in [0.25, 0.3) is 0 Å². The topological polar surface area (TPSA) is 73.1 Å². The van der Waals surface area contributed by atoms with E-state index in [1.807, 2.05) is 19.9 Å². The quantitative estimate of drug-likeness (QED) is 0.808. The standard InChI is InChI=1S/C12H20N4O/c1-8(2)17-12-5-11(15-7-16-12)14-6-9-3-10(13)4-9/h5,7-10H,3-4,6,13H2,1-2H3,(H,14,15,16). The lowest BCUT2D eigenvalue weighted by Crippen LogP contribution is -2.39. The zero-order valence-electron chi connectivity index (χ0n) is 10.4. The molecule has 0 radical (unpaired) electrons. The van der Waals surface area contributed by atoms with Gasteiger partial charge in [-0.2, -0.15) is 0 Å². The number of hydrogen-bond donors (Lipinski definition) is 2. The number of aromatic nitrogens is 2. The maximum Gasteiger partial charge on any atom is 0.218 e. The fourth-order valence-electron chi connectivity index (χ4n) is 1.94. The molecule has 2 rings (SSSR count). The van der Waals surface area contributed by atoms with Gasteiger partial charge in [0.15, 0.2) is 0 Å². The van der Waals surface area contributed by atoms with E-state index in [2.05, 4.69) is 15.3 Å². The van der Waals surface area contributed by atoms with E-state index in [0.717, 1.165) is 25.2 Å². The molecule has 0 bridgehead atoms. The van der Waals surface area contributed by atoms with Crippen LogP contribution in [0.25, 0.3) is 0 Å². The monoisotopic (exact) mass is 236 g/mol. The van der Waals surface area contributed by atoms with Crippen LogP contribution < -0.4 is 15.8 Å². The van der Waals surface area contributed by atoms with Crippen molar-refractivity contribution in [3.63, 3.8) is 0 Å². The number of ether oxygens (including phenoxy) is 1. The summed E-state index contributed by atoms with van der Waals surface area (Å²) in [7, 11) is 0. The molecule has 1 aliphatic carbocycles. The first-order chi connectivity index (χ1) is 8.13. The van der Waals surface area contributed by atoms with Crippen LogP contribution in [-0.4, -0.2) is 28.7 Å². The summed E-state index contributed by atoms with van der Waals surface area (Å²) in [5.41, 5.74) is 5.74. The van der Waals surface area contributed by atoms with E-state index >= 15 is 0 Å². The lowest BCUT2D eigenvalue weighted by atomic mass is 9.81. The molecule has 0 aromatic carbocycles. The molecule has 1 aliphatic rings. The number of anilines is 1. The number of nitrogens with one attached hydrogen (secondary N) is 1. The zero-order chi connectivity index (χ0) is 12.3. The van der Waals surface area contributed by atoms with Crippen molar-refractivity contribution in [2.45, 2.75) is 38.8 Å². The lowest BCUT2D eigenvalue weighted by Gasteiger charge is -2.32. The maximum atomic E-state index is 5.74. The molecule has 1 aromatic heterocycles. The number of nitrogens with zero attached hydrogens (tertiary/aromatic N) is 2. The van der Waals surface area contributed by atoms with Gasteiger partial charge in [-0.05, 0) is 32.6 Å².